The van der Waals surface area contributed by atoms with Crippen LogP contribution in [0.25, 0.3) is 0 Å². The third-order valence-electron chi connectivity index (χ3n) is 4.48. The van der Waals surface area contributed by atoms with E-state index in [1.54, 1.807) is 12.1 Å². The molecule has 1 aliphatic heterocycles. The van der Waals surface area contributed by atoms with Crippen molar-refractivity contribution in [2.75, 3.05) is 13.1 Å². The molecule has 26 heavy (non-hydrogen) atoms. The molecule has 0 saturated carbocycles. The summed E-state index contributed by atoms with van der Waals surface area (Å²) in [5.41, 5.74) is 2.43. The molecule has 0 aromatic heterocycles. The molecule has 2 N–H and O–H groups in total. The Hall–Kier alpha value is -3.15. The molecule has 0 saturated heterocycles. The molecule has 0 radical (unpaired) electrons. The number of carbonyl (C=O) groups is 3. The second-order valence-electron chi connectivity index (χ2n) is 6.22. The SMILES string of the molecule is O=C(Cc1ccccc1)NCC(=O)N1CCc2ccccc2C1C(=O)O. The highest BCUT2D eigenvalue weighted by Crippen LogP contribution is 2.29. The maximum Gasteiger partial charge on any atom is 0.331 e. The van der Waals surface area contributed by atoms with Crippen LogP contribution in [0.1, 0.15) is 22.7 Å². The first-order valence-electron chi connectivity index (χ1n) is 8.47. The highest BCUT2D eigenvalue weighted by atomic mass is 16.4. The standard InChI is InChI=1S/C20H20N2O4/c23-17(12-14-6-2-1-3-7-14)21-13-18(24)22-11-10-15-8-4-5-9-16(15)19(22)20(25)26/h1-9,19H,10-13H2,(H,21,23)(H,25,26). The monoisotopic (exact) mass is 352 g/mol. The fraction of sp³-hybridized carbons (Fsp3) is 0.250. The highest BCUT2D eigenvalue weighted by Gasteiger charge is 2.35. The van der Waals surface area contributed by atoms with E-state index in [0.29, 0.717) is 18.5 Å². The lowest BCUT2D eigenvalue weighted by molar-refractivity contribution is -0.151. The molecule has 1 unspecified atom stereocenters. The molecule has 6 heteroatoms. The van der Waals surface area contributed by atoms with Gasteiger partial charge in [0.1, 0.15) is 0 Å². The van der Waals surface area contributed by atoms with Gasteiger partial charge in [0.25, 0.3) is 0 Å². The van der Waals surface area contributed by atoms with Crippen molar-refractivity contribution in [3.8, 4) is 0 Å². The maximum absolute atomic E-state index is 12.5. The molecule has 1 atom stereocenters. The third-order valence-corrected chi connectivity index (χ3v) is 4.48. The minimum Gasteiger partial charge on any atom is -0.479 e. The number of fused-ring (bicyclic) bond motifs is 1. The summed E-state index contributed by atoms with van der Waals surface area (Å²) < 4.78 is 0. The number of aliphatic carboxylic acids is 1. The number of rotatable bonds is 5. The second-order valence-corrected chi connectivity index (χ2v) is 6.22. The molecule has 2 aromatic carbocycles. The number of nitrogens with zero attached hydrogens (tertiary/aromatic N) is 1. The van der Waals surface area contributed by atoms with Gasteiger partial charge in [0.15, 0.2) is 6.04 Å². The van der Waals surface area contributed by atoms with Gasteiger partial charge in [-0.05, 0) is 23.1 Å². The first-order valence-corrected chi connectivity index (χ1v) is 8.47. The Labute approximate surface area is 151 Å². The lowest BCUT2D eigenvalue weighted by atomic mass is 9.92. The van der Waals surface area contributed by atoms with Crippen molar-refractivity contribution in [3.63, 3.8) is 0 Å². The summed E-state index contributed by atoms with van der Waals surface area (Å²) in [5.74, 6) is -1.73. The normalized spacial score (nSPS) is 15.8. The van der Waals surface area contributed by atoms with Crippen LogP contribution >= 0.6 is 0 Å². The molecule has 0 fully saturated rings. The average molecular weight is 352 g/mol. The van der Waals surface area contributed by atoms with Crippen molar-refractivity contribution >= 4 is 17.8 Å². The van der Waals surface area contributed by atoms with Crippen LogP contribution in [0.4, 0.5) is 0 Å². The Morgan fingerprint density at radius 2 is 1.73 bits per heavy atom. The van der Waals surface area contributed by atoms with E-state index in [1.807, 2.05) is 42.5 Å². The predicted octanol–water partition coefficient (Wildman–Crippen LogP) is 1.56. The van der Waals surface area contributed by atoms with Crippen molar-refractivity contribution < 1.29 is 19.5 Å². The Kier molecular flexibility index (Phi) is 5.31. The molecule has 2 aromatic rings. The van der Waals surface area contributed by atoms with Gasteiger partial charge in [-0.3, -0.25) is 9.59 Å². The van der Waals surface area contributed by atoms with Crippen LogP contribution in [0.3, 0.4) is 0 Å². The van der Waals surface area contributed by atoms with Gasteiger partial charge in [-0.2, -0.15) is 0 Å². The van der Waals surface area contributed by atoms with Gasteiger partial charge in [0, 0.05) is 6.54 Å². The van der Waals surface area contributed by atoms with Gasteiger partial charge >= 0.3 is 5.97 Å². The molecule has 0 aliphatic carbocycles. The number of benzene rings is 2. The summed E-state index contributed by atoms with van der Waals surface area (Å²) in [6.45, 7) is 0.110. The molecule has 3 rings (SSSR count). The third kappa shape index (κ3) is 3.91. The van der Waals surface area contributed by atoms with Crippen LogP contribution in [-0.2, 0) is 27.2 Å². The van der Waals surface area contributed by atoms with Crippen molar-refractivity contribution in [1.82, 2.24) is 10.2 Å². The van der Waals surface area contributed by atoms with Gasteiger partial charge in [0.05, 0.1) is 13.0 Å². The Morgan fingerprint density at radius 3 is 2.46 bits per heavy atom. The number of carboxylic acid groups (broad SMARTS) is 1. The quantitative estimate of drug-likeness (QED) is 0.855. The van der Waals surface area contributed by atoms with E-state index >= 15 is 0 Å². The van der Waals surface area contributed by atoms with E-state index in [1.165, 1.54) is 4.90 Å². The fourth-order valence-electron chi connectivity index (χ4n) is 3.22. The highest BCUT2D eigenvalue weighted by molar-refractivity contribution is 5.89. The number of hydrogen-bond acceptors (Lipinski definition) is 3. The Balaban J connectivity index is 1.64. The minimum atomic E-state index is -1.07. The summed E-state index contributed by atoms with van der Waals surface area (Å²) in [4.78, 5) is 37.6. The molecule has 6 nitrogen and oxygen atoms in total. The van der Waals surface area contributed by atoms with Crippen LogP contribution in [0.5, 0.6) is 0 Å². The first-order chi connectivity index (χ1) is 12.6. The number of carbonyl (C=O) groups excluding carboxylic acids is 2. The molecule has 2 amide bonds. The average Bonchev–Trinajstić information content (AvgIpc) is 2.65. The number of amides is 2. The first kappa shape index (κ1) is 17.7. The summed E-state index contributed by atoms with van der Waals surface area (Å²) in [5, 5.41) is 12.2. The summed E-state index contributed by atoms with van der Waals surface area (Å²) in [6, 6.07) is 15.5. The molecule has 1 aliphatic rings. The number of hydrogen-bond donors (Lipinski definition) is 2. The van der Waals surface area contributed by atoms with E-state index < -0.39 is 17.9 Å². The molecular formula is C20H20N2O4. The zero-order valence-electron chi connectivity index (χ0n) is 14.2. The van der Waals surface area contributed by atoms with Crippen molar-refractivity contribution in [1.29, 1.82) is 0 Å². The Bertz CT molecular complexity index is 820. The Morgan fingerprint density at radius 1 is 1.04 bits per heavy atom. The summed E-state index contributed by atoms with van der Waals surface area (Å²) in [7, 11) is 0. The zero-order chi connectivity index (χ0) is 18.5. The van der Waals surface area contributed by atoms with Crippen molar-refractivity contribution in [3.05, 3.63) is 71.3 Å². The van der Waals surface area contributed by atoms with E-state index in [4.69, 9.17) is 0 Å². The molecule has 0 bridgehead atoms. The van der Waals surface area contributed by atoms with Gasteiger partial charge in [0.2, 0.25) is 11.8 Å². The van der Waals surface area contributed by atoms with E-state index in [9.17, 15) is 19.5 Å². The molecule has 1 heterocycles. The lowest BCUT2D eigenvalue weighted by Crippen LogP contribution is -2.47. The van der Waals surface area contributed by atoms with E-state index in [2.05, 4.69) is 5.32 Å². The summed E-state index contributed by atoms with van der Waals surface area (Å²) in [6.07, 6.45) is 0.781. The van der Waals surface area contributed by atoms with Crippen molar-refractivity contribution in [2.45, 2.75) is 18.9 Å². The van der Waals surface area contributed by atoms with E-state index in [0.717, 1.165) is 11.1 Å². The largest absolute Gasteiger partial charge is 0.479 e. The number of nitrogens with one attached hydrogen (secondary N) is 1. The maximum atomic E-state index is 12.5. The van der Waals surface area contributed by atoms with Crippen LogP contribution in [-0.4, -0.2) is 40.9 Å². The van der Waals surface area contributed by atoms with Crippen LogP contribution in [0.15, 0.2) is 54.6 Å². The van der Waals surface area contributed by atoms with Gasteiger partial charge < -0.3 is 15.3 Å². The van der Waals surface area contributed by atoms with Gasteiger partial charge in [-0.15, -0.1) is 0 Å². The molecule has 0 spiro atoms. The predicted molar refractivity (Wildman–Crippen MR) is 95.4 cm³/mol. The van der Waals surface area contributed by atoms with Crippen LogP contribution < -0.4 is 5.32 Å². The fourth-order valence-corrected chi connectivity index (χ4v) is 3.22. The van der Waals surface area contributed by atoms with Crippen LogP contribution in [0.2, 0.25) is 0 Å². The summed E-state index contributed by atoms with van der Waals surface area (Å²) >= 11 is 0. The van der Waals surface area contributed by atoms with E-state index in [-0.39, 0.29) is 18.9 Å². The number of carboxylic acids is 1. The zero-order valence-corrected chi connectivity index (χ0v) is 14.2. The topological polar surface area (TPSA) is 86.7 Å². The van der Waals surface area contributed by atoms with Gasteiger partial charge in [-0.25, -0.2) is 4.79 Å². The second kappa shape index (κ2) is 7.82. The van der Waals surface area contributed by atoms with Crippen molar-refractivity contribution in [2.24, 2.45) is 0 Å². The minimum absolute atomic E-state index is 0.180. The van der Waals surface area contributed by atoms with Gasteiger partial charge in [-0.1, -0.05) is 54.6 Å². The molecular weight excluding hydrogens is 332 g/mol. The van der Waals surface area contributed by atoms with Crippen LogP contribution in [0, 0.1) is 0 Å². The molecule has 134 valence electrons. The lowest BCUT2D eigenvalue weighted by Gasteiger charge is -2.34. The smallest absolute Gasteiger partial charge is 0.331 e.